The quantitative estimate of drug-likeness (QED) is 0.699. The largest absolute Gasteiger partial charge is 0.388 e. The number of allylic oxidation sites excluding steroid dienone is 2. The average molecular weight is 218 g/mol. The molecule has 1 rings (SSSR count). The Morgan fingerprint density at radius 3 is 2.64 bits per heavy atom. The maximum atomic E-state index is 9.57. The second kappa shape index (κ2) is 2.99. The van der Waals surface area contributed by atoms with Gasteiger partial charge in [-0.05, 0) is 35.9 Å². The van der Waals surface area contributed by atoms with Crippen LogP contribution >= 0.6 is 15.9 Å². The van der Waals surface area contributed by atoms with E-state index in [4.69, 9.17) is 0 Å². The third-order valence-electron chi connectivity index (χ3n) is 1.61. The van der Waals surface area contributed by atoms with Gasteiger partial charge in [-0.3, -0.25) is 0 Å². The van der Waals surface area contributed by atoms with Gasteiger partial charge >= 0.3 is 0 Å². The van der Waals surface area contributed by atoms with Crippen molar-refractivity contribution in [2.75, 3.05) is 0 Å². The summed E-state index contributed by atoms with van der Waals surface area (Å²) in [4.78, 5) is 0. The molecule has 2 N–H and O–H groups in total. The molecule has 0 aromatic rings. The number of nitrogens with one attached hydrogen (secondary N) is 1. The van der Waals surface area contributed by atoms with Crippen LogP contribution in [0.2, 0.25) is 0 Å². The molecule has 0 saturated carbocycles. The Labute approximate surface area is 75.1 Å². The van der Waals surface area contributed by atoms with Crippen molar-refractivity contribution < 1.29 is 5.11 Å². The first-order valence-electron chi connectivity index (χ1n) is 3.52. The minimum Gasteiger partial charge on any atom is -0.388 e. The van der Waals surface area contributed by atoms with Gasteiger partial charge in [0.15, 0.2) is 0 Å². The van der Waals surface area contributed by atoms with Crippen molar-refractivity contribution in [1.29, 1.82) is 0 Å². The van der Waals surface area contributed by atoms with E-state index in [0.717, 1.165) is 4.48 Å². The van der Waals surface area contributed by atoms with Crippen LogP contribution in [0.5, 0.6) is 0 Å². The molecule has 1 aliphatic rings. The Hall–Kier alpha value is -0.280. The van der Waals surface area contributed by atoms with Crippen LogP contribution < -0.4 is 5.32 Å². The van der Waals surface area contributed by atoms with E-state index >= 15 is 0 Å². The van der Waals surface area contributed by atoms with Crippen LogP contribution in [0, 0.1) is 0 Å². The molecule has 0 amide bonds. The molecule has 1 unspecified atom stereocenters. The molecule has 0 saturated heterocycles. The first-order valence-corrected chi connectivity index (χ1v) is 4.32. The molecule has 0 aliphatic carbocycles. The maximum absolute atomic E-state index is 9.57. The van der Waals surface area contributed by atoms with Gasteiger partial charge in [-0.1, -0.05) is 6.08 Å². The highest BCUT2D eigenvalue weighted by Crippen LogP contribution is 2.17. The standard InChI is InChI=1S/C8H12BrNO/c1-8(2,11)7-4-3-6(9)5-10-7/h3-5,7,10-11H,1-2H3. The van der Waals surface area contributed by atoms with Gasteiger partial charge in [-0.25, -0.2) is 0 Å². The zero-order valence-corrected chi connectivity index (χ0v) is 8.22. The highest BCUT2D eigenvalue weighted by atomic mass is 79.9. The summed E-state index contributed by atoms with van der Waals surface area (Å²) < 4.78 is 0.998. The zero-order valence-electron chi connectivity index (χ0n) is 6.63. The Morgan fingerprint density at radius 2 is 2.27 bits per heavy atom. The van der Waals surface area contributed by atoms with E-state index in [1.165, 1.54) is 0 Å². The molecule has 0 aromatic carbocycles. The third kappa shape index (κ3) is 2.34. The van der Waals surface area contributed by atoms with Crippen LogP contribution in [0.15, 0.2) is 22.8 Å². The maximum Gasteiger partial charge on any atom is 0.0827 e. The number of dihydropyridines is 1. The molecule has 2 nitrogen and oxygen atoms in total. The minimum absolute atomic E-state index is 0.00352. The summed E-state index contributed by atoms with van der Waals surface area (Å²) in [7, 11) is 0. The van der Waals surface area contributed by atoms with E-state index in [1.807, 2.05) is 18.4 Å². The van der Waals surface area contributed by atoms with Crippen LogP contribution in [0.4, 0.5) is 0 Å². The molecule has 0 spiro atoms. The molecule has 0 aromatic heterocycles. The summed E-state index contributed by atoms with van der Waals surface area (Å²) in [6.45, 7) is 3.56. The molecule has 62 valence electrons. The van der Waals surface area contributed by atoms with Crippen LogP contribution in [-0.2, 0) is 0 Å². The van der Waals surface area contributed by atoms with Gasteiger partial charge in [-0.15, -0.1) is 0 Å². The lowest BCUT2D eigenvalue weighted by molar-refractivity contribution is 0.0585. The van der Waals surface area contributed by atoms with Crippen molar-refractivity contribution in [1.82, 2.24) is 5.32 Å². The minimum atomic E-state index is -0.708. The van der Waals surface area contributed by atoms with Crippen LogP contribution in [0.25, 0.3) is 0 Å². The van der Waals surface area contributed by atoms with Gasteiger partial charge < -0.3 is 10.4 Å². The fraction of sp³-hybridized carbons (Fsp3) is 0.500. The fourth-order valence-electron chi connectivity index (χ4n) is 0.901. The summed E-state index contributed by atoms with van der Waals surface area (Å²) in [6, 6.07) is 0.00352. The number of hydrogen-bond donors (Lipinski definition) is 2. The highest BCUT2D eigenvalue weighted by Gasteiger charge is 2.24. The van der Waals surface area contributed by atoms with Gasteiger partial charge in [0, 0.05) is 10.7 Å². The molecule has 1 aliphatic heterocycles. The van der Waals surface area contributed by atoms with Crippen molar-refractivity contribution in [3.05, 3.63) is 22.8 Å². The first-order chi connectivity index (χ1) is 5.00. The van der Waals surface area contributed by atoms with Crippen LogP contribution in [0.3, 0.4) is 0 Å². The fourth-order valence-corrected chi connectivity index (χ4v) is 1.19. The Kier molecular flexibility index (Phi) is 2.40. The van der Waals surface area contributed by atoms with Crippen molar-refractivity contribution in [3.63, 3.8) is 0 Å². The Bertz CT molecular complexity index is 203. The predicted molar refractivity (Wildman–Crippen MR) is 49.4 cm³/mol. The van der Waals surface area contributed by atoms with Gasteiger partial charge in [0.2, 0.25) is 0 Å². The van der Waals surface area contributed by atoms with Gasteiger partial charge in [0.05, 0.1) is 11.6 Å². The first kappa shape index (κ1) is 8.81. The summed E-state index contributed by atoms with van der Waals surface area (Å²) >= 11 is 3.31. The predicted octanol–water partition coefficient (Wildman–Crippen LogP) is 1.52. The Morgan fingerprint density at radius 1 is 1.64 bits per heavy atom. The van der Waals surface area contributed by atoms with Gasteiger partial charge in [-0.2, -0.15) is 0 Å². The summed E-state index contributed by atoms with van der Waals surface area (Å²) in [5.74, 6) is 0. The van der Waals surface area contributed by atoms with Gasteiger partial charge in [0.1, 0.15) is 0 Å². The van der Waals surface area contributed by atoms with Crippen molar-refractivity contribution in [2.24, 2.45) is 0 Å². The zero-order chi connectivity index (χ0) is 8.48. The number of aliphatic hydroxyl groups is 1. The molecular formula is C8H12BrNO. The van der Waals surface area contributed by atoms with Gasteiger partial charge in [0.25, 0.3) is 0 Å². The molecule has 0 bridgehead atoms. The molecule has 1 heterocycles. The van der Waals surface area contributed by atoms with Crippen molar-refractivity contribution >= 4 is 15.9 Å². The SMILES string of the molecule is CC(C)(O)C1C=CC(Br)=CN1. The molecule has 11 heavy (non-hydrogen) atoms. The number of hydrogen-bond acceptors (Lipinski definition) is 2. The second-order valence-corrected chi connectivity index (χ2v) is 4.10. The molecule has 0 fully saturated rings. The lowest BCUT2D eigenvalue weighted by Gasteiger charge is -2.28. The van der Waals surface area contributed by atoms with Crippen molar-refractivity contribution in [2.45, 2.75) is 25.5 Å². The summed E-state index contributed by atoms with van der Waals surface area (Å²) in [6.07, 6.45) is 5.70. The van der Waals surface area contributed by atoms with E-state index in [1.54, 1.807) is 13.8 Å². The highest BCUT2D eigenvalue weighted by molar-refractivity contribution is 9.11. The second-order valence-electron chi connectivity index (χ2n) is 3.19. The summed E-state index contributed by atoms with van der Waals surface area (Å²) in [5.41, 5.74) is -0.708. The molecule has 0 radical (unpaired) electrons. The van der Waals surface area contributed by atoms with E-state index in [-0.39, 0.29) is 6.04 Å². The normalized spacial score (nSPS) is 24.4. The van der Waals surface area contributed by atoms with Crippen LogP contribution in [-0.4, -0.2) is 16.7 Å². The Balaban J connectivity index is 2.63. The smallest absolute Gasteiger partial charge is 0.0827 e. The van der Waals surface area contributed by atoms with Crippen LogP contribution in [0.1, 0.15) is 13.8 Å². The van der Waals surface area contributed by atoms with E-state index in [0.29, 0.717) is 0 Å². The molecule has 3 heteroatoms. The molecule has 1 atom stereocenters. The summed E-state index contributed by atoms with van der Waals surface area (Å²) in [5, 5.41) is 12.6. The number of halogens is 1. The third-order valence-corrected chi connectivity index (χ3v) is 2.10. The van der Waals surface area contributed by atoms with E-state index < -0.39 is 5.60 Å². The van der Waals surface area contributed by atoms with E-state index in [9.17, 15) is 5.11 Å². The van der Waals surface area contributed by atoms with Crippen molar-refractivity contribution in [3.8, 4) is 0 Å². The monoisotopic (exact) mass is 217 g/mol. The average Bonchev–Trinajstić information content (AvgIpc) is 1.86. The molecular weight excluding hydrogens is 206 g/mol. The number of rotatable bonds is 1. The lowest BCUT2D eigenvalue weighted by Crippen LogP contribution is -2.44. The lowest BCUT2D eigenvalue weighted by atomic mass is 9.98. The van der Waals surface area contributed by atoms with E-state index in [2.05, 4.69) is 21.2 Å². The topological polar surface area (TPSA) is 32.3 Å².